The van der Waals surface area contributed by atoms with Crippen LogP contribution >= 0.6 is 0 Å². The molecule has 0 aliphatic carbocycles. The zero-order valence-corrected chi connectivity index (χ0v) is 17.8. The average Bonchev–Trinajstić information content (AvgIpc) is 3.25. The lowest BCUT2D eigenvalue weighted by atomic mass is 10.0. The Kier molecular flexibility index (Phi) is 5.46. The highest BCUT2D eigenvalue weighted by Crippen LogP contribution is 2.31. The number of allylic oxidation sites excluding steroid dienone is 1. The van der Waals surface area contributed by atoms with Gasteiger partial charge < -0.3 is 14.8 Å². The van der Waals surface area contributed by atoms with Gasteiger partial charge in [0.05, 0.1) is 0 Å². The molecule has 0 atom stereocenters. The Morgan fingerprint density at radius 2 is 1.66 bits per heavy atom. The number of para-hydroxylation sites is 1. The highest BCUT2D eigenvalue weighted by atomic mass is 16.2. The third-order valence-corrected chi connectivity index (χ3v) is 6.04. The molecule has 0 saturated heterocycles. The molecule has 5 rings (SSSR count). The van der Waals surface area contributed by atoms with Gasteiger partial charge in [-0.05, 0) is 55.2 Å². The lowest BCUT2D eigenvalue weighted by Gasteiger charge is -2.23. The van der Waals surface area contributed by atoms with E-state index in [0.717, 1.165) is 48.3 Å². The van der Waals surface area contributed by atoms with Crippen molar-refractivity contribution in [2.24, 2.45) is 0 Å². The van der Waals surface area contributed by atoms with E-state index in [4.69, 9.17) is 0 Å². The number of nitrogens with one attached hydrogen (secondary N) is 1. The number of benzene rings is 2. The van der Waals surface area contributed by atoms with Crippen molar-refractivity contribution in [2.45, 2.75) is 25.8 Å². The van der Waals surface area contributed by atoms with Crippen LogP contribution in [0.3, 0.4) is 0 Å². The lowest BCUT2D eigenvalue weighted by molar-refractivity contribution is -0.116. The van der Waals surface area contributed by atoms with Gasteiger partial charge in [-0.15, -0.1) is 0 Å². The summed E-state index contributed by atoms with van der Waals surface area (Å²) in [6.45, 7) is 1.39. The molecule has 3 aromatic rings. The summed E-state index contributed by atoms with van der Waals surface area (Å²) in [6, 6.07) is 21.9. The van der Waals surface area contributed by atoms with Crippen molar-refractivity contribution in [2.75, 3.05) is 11.4 Å². The molecule has 2 aliphatic heterocycles. The maximum Gasteiger partial charge on any atom is 0.298 e. The fourth-order valence-corrected chi connectivity index (χ4v) is 4.42. The number of amides is 1. The topological polar surface area (TPSA) is 54.3 Å². The fraction of sp³-hybridized carbons (Fsp3) is 0.185. The van der Waals surface area contributed by atoms with E-state index in [1.54, 1.807) is 0 Å². The first kappa shape index (κ1) is 20.1. The van der Waals surface area contributed by atoms with E-state index < -0.39 is 11.7 Å². The average molecular weight is 424 g/mol. The molecule has 2 aliphatic rings. The minimum absolute atomic E-state index is 0.489. The highest BCUT2D eigenvalue weighted by Gasteiger charge is 2.28. The number of hydrogen-bond donors (Lipinski definition) is 1. The van der Waals surface area contributed by atoms with E-state index in [9.17, 15) is 9.59 Å². The molecule has 0 spiro atoms. The summed E-state index contributed by atoms with van der Waals surface area (Å²) in [5.74, 6) is -1.09. The van der Waals surface area contributed by atoms with Crippen LogP contribution in [0, 0.1) is 0 Å². The quantitative estimate of drug-likeness (QED) is 0.478. The van der Waals surface area contributed by atoms with Gasteiger partial charge in [0, 0.05) is 41.9 Å². The van der Waals surface area contributed by atoms with Gasteiger partial charge in [0.2, 0.25) is 0 Å². The summed E-state index contributed by atoms with van der Waals surface area (Å²) in [5, 5.41) is 2.81. The summed E-state index contributed by atoms with van der Waals surface area (Å²) >= 11 is 0. The molecule has 32 heavy (non-hydrogen) atoms. The lowest BCUT2D eigenvalue weighted by Crippen LogP contribution is -2.34. The summed E-state index contributed by atoms with van der Waals surface area (Å²) in [5.41, 5.74) is 5.14. The monoisotopic (exact) mass is 423 g/mol. The normalized spacial score (nSPS) is 15.1. The molecular weight excluding hydrogens is 398 g/mol. The molecule has 5 heteroatoms. The van der Waals surface area contributed by atoms with Gasteiger partial charge in [0.1, 0.15) is 5.69 Å². The number of rotatable bonds is 5. The third kappa shape index (κ3) is 3.89. The van der Waals surface area contributed by atoms with Crippen molar-refractivity contribution in [1.82, 2.24) is 9.88 Å². The number of anilines is 1. The van der Waals surface area contributed by atoms with Crippen LogP contribution in [-0.4, -0.2) is 22.8 Å². The molecular formula is C27H25N3O2. The number of ketones is 1. The molecule has 0 radical (unpaired) electrons. The second-order valence-corrected chi connectivity index (χ2v) is 8.12. The number of fused-ring (bicyclic) bond motifs is 1. The molecule has 2 aromatic carbocycles. The SMILES string of the molecule is O=C(NC1=CCN(c2ccccc2)C=C1)C(=O)c1c(-c2ccccc2)cc2n1CCCC2. The van der Waals surface area contributed by atoms with Crippen molar-refractivity contribution >= 4 is 17.4 Å². The molecule has 1 aromatic heterocycles. The second kappa shape index (κ2) is 8.71. The predicted octanol–water partition coefficient (Wildman–Crippen LogP) is 4.71. The summed E-state index contributed by atoms with van der Waals surface area (Å²) in [4.78, 5) is 28.4. The van der Waals surface area contributed by atoms with Gasteiger partial charge in [-0.1, -0.05) is 48.5 Å². The van der Waals surface area contributed by atoms with Crippen LogP contribution in [0.25, 0.3) is 11.1 Å². The van der Waals surface area contributed by atoms with Crippen LogP contribution in [0.5, 0.6) is 0 Å². The van der Waals surface area contributed by atoms with Gasteiger partial charge in [0.15, 0.2) is 0 Å². The van der Waals surface area contributed by atoms with E-state index in [1.807, 2.05) is 83.6 Å². The molecule has 0 unspecified atom stereocenters. The largest absolute Gasteiger partial charge is 0.344 e. The van der Waals surface area contributed by atoms with Crippen molar-refractivity contribution in [3.8, 4) is 11.1 Å². The first-order chi connectivity index (χ1) is 15.7. The molecule has 3 heterocycles. The van der Waals surface area contributed by atoms with Gasteiger partial charge in [-0.3, -0.25) is 9.59 Å². The van der Waals surface area contributed by atoms with E-state index in [0.29, 0.717) is 17.9 Å². The van der Waals surface area contributed by atoms with Crippen molar-refractivity contribution < 1.29 is 9.59 Å². The zero-order valence-electron chi connectivity index (χ0n) is 17.8. The van der Waals surface area contributed by atoms with Gasteiger partial charge in [-0.2, -0.15) is 0 Å². The zero-order chi connectivity index (χ0) is 21.9. The summed E-state index contributed by atoms with van der Waals surface area (Å²) in [7, 11) is 0. The maximum atomic E-state index is 13.3. The molecule has 1 amide bonds. The molecule has 1 N–H and O–H groups in total. The Balaban J connectivity index is 1.37. The van der Waals surface area contributed by atoms with Crippen LogP contribution < -0.4 is 10.2 Å². The number of nitrogens with zero attached hydrogens (tertiary/aromatic N) is 2. The fourth-order valence-electron chi connectivity index (χ4n) is 4.42. The Labute approximate surface area is 187 Å². The van der Waals surface area contributed by atoms with Gasteiger partial charge in [-0.25, -0.2) is 0 Å². The second-order valence-electron chi connectivity index (χ2n) is 8.12. The van der Waals surface area contributed by atoms with Crippen LogP contribution in [0.1, 0.15) is 29.0 Å². The number of aryl methyl sites for hydroxylation is 1. The molecule has 0 bridgehead atoms. The smallest absolute Gasteiger partial charge is 0.298 e. The minimum Gasteiger partial charge on any atom is -0.344 e. The number of Topliss-reactive ketones (excluding diaryl/α,β-unsaturated/α-hetero) is 1. The summed E-state index contributed by atoms with van der Waals surface area (Å²) in [6.07, 6.45) is 8.72. The first-order valence-corrected chi connectivity index (χ1v) is 11.0. The van der Waals surface area contributed by atoms with Gasteiger partial charge in [0.25, 0.3) is 11.7 Å². The van der Waals surface area contributed by atoms with Crippen molar-refractivity contribution in [3.63, 3.8) is 0 Å². The molecule has 0 saturated carbocycles. The molecule has 160 valence electrons. The van der Waals surface area contributed by atoms with Gasteiger partial charge >= 0.3 is 0 Å². The van der Waals surface area contributed by atoms with E-state index in [1.165, 1.54) is 0 Å². The predicted molar refractivity (Wildman–Crippen MR) is 126 cm³/mol. The highest BCUT2D eigenvalue weighted by molar-refractivity contribution is 6.44. The molecule has 5 nitrogen and oxygen atoms in total. The molecule has 0 fully saturated rings. The van der Waals surface area contributed by atoms with Crippen molar-refractivity contribution in [3.05, 3.63) is 102 Å². The number of hydrogen-bond acceptors (Lipinski definition) is 3. The minimum atomic E-state index is -0.599. The van der Waals surface area contributed by atoms with Crippen LogP contribution in [-0.2, 0) is 17.8 Å². The van der Waals surface area contributed by atoms with Crippen LogP contribution in [0.2, 0.25) is 0 Å². The Hall–Kier alpha value is -3.86. The van der Waals surface area contributed by atoms with E-state index in [-0.39, 0.29) is 0 Å². The number of carbonyl (C=O) groups excluding carboxylic acids is 2. The van der Waals surface area contributed by atoms with Crippen LogP contribution in [0.15, 0.2) is 90.8 Å². The maximum absolute atomic E-state index is 13.3. The Bertz CT molecular complexity index is 1210. The van der Waals surface area contributed by atoms with Crippen molar-refractivity contribution in [1.29, 1.82) is 0 Å². The third-order valence-electron chi connectivity index (χ3n) is 6.04. The standard InChI is InChI=1S/C27H25N3O2/c31-26(27(32)28-21-14-17-29(18-15-21)22-11-5-2-6-12-22)25-24(20-9-3-1-4-10-20)19-23-13-7-8-16-30(23)25/h1-6,9-12,14-15,17,19H,7-8,13,16,18H2,(H,28,32). The Morgan fingerprint density at radius 3 is 2.38 bits per heavy atom. The Morgan fingerprint density at radius 1 is 0.906 bits per heavy atom. The number of aromatic nitrogens is 1. The van der Waals surface area contributed by atoms with Crippen LogP contribution in [0.4, 0.5) is 5.69 Å². The number of carbonyl (C=O) groups is 2. The van der Waals surface area contributed by atoms with E-state index >= 15 is 0 Å². The first-order valence-electron chi connectivity index (χ1n) is 11.0. The summed E-state index contributed by atoms with van der Waals surface area (Å²) < 4.78 is 2.04. The van der Waals surface area contributed by atoms with E-state index in [2.05, 4.69) is 16.3 Å².